The zero-order chi connectivity index (χ0) is 27.8. The van der Waals surface area contributed by atoms with Crippen molar-refractivity contribution >= 4 is 16.2 Å². The molecule has 0 amide bonds. The first kappa shape index (κ1) is 29.1. The molecule has 4 aliphatic carbocycles. The molecule has 10 atom stereocenters. The highest BCUT2D eigenvalue weighted by molar-refractivity contribution is 7.80. The summed E-state index contributed by atoms with van der Waals surface area (Å²) >= 11 is 0. The van der Waals surface area contributed by atoms with Crippen LogP contribution in [0, 0.1) is 34.5 Å². The lowest BCUT2D eigenvalue weighted by atomic mass is 9.46. The van der Waals surface area contributed by atoms with E-state index in [1.54, 1.807) is 19.9 Å². The Morgan fingerprint density at radius 2 is 1.81 bits per heavy atom. The van der Waals surface area contributed by atoms with E-state index in [1.165, 1.54) is 0 Å². The molecular weight excluding hydrogens is 500 g/mol. The molecule has 4 aliphatic rings. The van der Waals surface area contributed by atoms with Crippen LogP contribution in [0.5, 0.6) is 0 Å². The number of aliphatic hydroxyl groups is 4. The fourth-order valence-corrected chi connectivity index (χ4v) is 9.13. The highest BCUT2D eigenvalue weighted by atomic mass is 32.3. The Bertz CT molecular complexity index is 1050. The zero-order valence-electron chi connectivity index (χ0n) is 22.5. The second kappa shape index (κ2) is 9.35. The van der Waals surface area contributed by atoms with Crippen LogP contribution in [0.4, 0.5) is 0 Å². The van der Waals surface area contributed by atoms with E-state index in [0.29, 0.717) is 31.3 Å². The van der Waals surface area contributed by atoms with E-state index in [9.17, 15) is 38.2 Å². The van der Waals surface area contributed by atoms with Gasteiger partial charge >= 0.3 is 0 Å². The predicted octanol–water partition coefficient (Wildman–Crippen LogP) is 2.22. The molecule has 0 heterocycles. The normalized spacial score (nSPS) is 43.9. The van der Waals surface area contributed by atoms with Gasteiger partial charge in [0, 0.05) is 11.3 Å². The molecule has 212 valence electrons. The summed E-state index contributed by atoms with van der Waals surface area (Å²) in [7, 11) is -4.98. The number of rotatable bonds is 7. The molecule has 4 rings (SSSR count). The van der Waals surface area contributed by atoms with Gasteiger partial charge in [0.05, 0.1) is 29.5 Å². The van der Waals surface area contributed by atoms with Crippen LogP contribution in [0.1, 0.15) is 86.0 Å². The Balaban J connectivity index is 1.66. The van der Waals surface area contributed by atoms with Gasteiger partial charge < -0.3 is 25.0 Å². The van der Waals surface area contributed by atoms with Gasteiger partial charge in [-0.05, 0) is 100 Å². The van der Waals surface area contributed by atoms with E-state index < -0.39 is 62.6 Å². The molecule has 3 saturated carbocycles. The van der Waals surface area contributed by atoms with Crippen LogP contribution in [0.3, 0.4) is 0 Å². The van der Waals surface area contributed by atoms with Gasteiger partial charge in [-0.3, -0.25) is 8.98 Å². The largest absolute Gasteiger partial charge is 0.726 e. The van der Waals surface area contributed by atoms with E-state index in [1.807, 2.05) is 20.8 Å². The summed E-state index contributed by atoms with van der Waals surface area (Å²) in [5.41, 5.74) is -2.93. The molecule has 4 N–H and O–H groups in total. The maximum absolute atomic E-state index is 13.3. The Hall–Kier alpha value is -0.880. The highest BCUT2D eigenvalue weighted by Gasteiger charge is 2.67. The minimum atomic E-state index is -4.98. The number of carbonyl (C=O) groups excluding carboxylic acids is 1. The predicted molar refractivity (Wildman–Crippen MR) is 134 cm³/mol. The van der Waals surface area contributed by atoms with Crippen molar-refractivity contribution in [2.24, 2.45) is 34.5 Å². The molecule has 0 aromatic rings. The van der Waals surface area contributed by atoms with Crippen LogP contribution >= 0.6 is 0 Å². The molecule has 0 saturated heterocycles. The quantitative estimate of drug-likeness (QED) is 0.278. The van der Waals surface area contributed by atoms with Crippen LogP contribution in [0.25, 0.3) is 0 Å². The van der Waals surface area contributed by atoms with Crippen molar-refractivity contribution in [1.29, 1.82) is 0 Å². The topological polar surface area (TPSA) is 164 Å². The lowest BCUT2D eigenvalue weighted by Gasteiger charge is -2.60. The van der Waals surface area contributed by atoms with Crippen molar-refractivity contribution in [3.63, 3.8) is 0 Å². The maximum Gasteiger partial charge on any atom is 0.217 e. The standard InChI is InChI=1S/C27H44O9S/c1-15(23(36-37(33,34)35)8-9-24(2,3)31)16-7-11-27(32)18-12-20(28)19-13-21(29)22(30)14-25(19,4)17(18)6-10-26(16,27)5/h12,15-17,19,21-23,29-32H,6-11,13-14H2,1-5H3,(H,33,34,35)/p-1/t15-,16+,17-,19-,21+,22-,23+,25+,26+,27+/m0/s1. The molecule has 37 heavy (non-hydrogen) atoms. The third-order valence-corrected chi connectivity index (χ3v) is 11.2. The summed E-state index contributed by atoms with van der Waals surface area (Å²) in [5, 5.41) is 43.2. The molecule has 3 fully saturated rings. The van der Waals surface area contributed by atoms with Crippen LogP contribution < -0.4 is 0 Å². The lowest BCUT2D eigenvalue weighted by Crippen LogP contribution is -2.61. The summed E-state index contributed by atoms with van der Waals surface area (Å²) in [4.78, 5) is 13.3. The van der Waals surface area contributed by atoms with E-state index >= 15 is 0 Å². The molecule has 9 nitrogen and oxygen atoms in total. The fourth-order valence-electron chi connectivity index (χ4n) is 8.56. The van der Waals surface area contributed by atoms with Crippen molar-refractivity contribution in [1.82, 2.24) is 0 Å². The molecule has 0 radical (unpaired) electrons. The second-order valence-corrected chi connectivity index (χ2v) is 14.4. The number of fused-ring (bicyclic) bond motifs is 5. The smallest absolute Gasteiger partial charge is 0.217 e. The Morgan fingerprint density at radius 1 is 1.16 bits per heavy atom. The molecule has 0 spiro atoms. The first-order valence-corrected chi connectivity index (χ1v) is 14.9. The lowest BCUT2D eigenvalue weighted by molar-refractivity contribution is -0.154. The number of allylic oxidation sites excluding steroid dienone is 1. The molecule has 10 heteroatoms. The summed E-state index contributed by atoms with van der Waals surface area (Å²) in [6.45, 7) is 9.03. The van der Waals surface area contributed by atoms with Crippen molar-refractivity contribution in [3.05, 3.63) is 11.6 Å². The van der Waals surface area contributed by atoms with E-state index in [0.717, 1.165) is 0 Å². The van der Waals surface area contributed by atoms with Gasteiger partial charge in [-0.1, -0.05) is 20.8 Å². The number of ketones is 1. The highest BCUT2D eigenvalue weighted by Crippen LogP contribution is 2.68. The summed E-state index contributed by atoms with van der Waals surface area (Å²) in [5.74, 6) is -1.25. The van der Waals surface area contributed by atoms with Gasteiger partial charge in [-0.2, -0.15) is 0 Å². The van der Waals surface area contributed by atoms with Crippen molar-refractivity contribution in [2.75, 3.05) is 0 Å². The van der Waals surface area contributed by atoms with E-state index in [4.69, 9.17) is 4.18 Å². The van der Waals surface area contributed by atoms with Crippen LogP contribution in [0.2, 0.25) is 0 Å². The Morgan fingerprint density at radius 3 is 2.41 bits per heavy atom. The SMILES string of the molecule is C[C@@H]([C@H]1CC[C@@]2(O)C3=CC(=O)[C@@H]4C[C@@H](O)[C@@H](O)C[C@]4(C)[C@H]3CC[C@]12C)[C@@H](CCC(C)(C)O)OS(=O)(=O)[O-]. The number of hydrogen-bond acceptors (Lipinski definition) is 9. The van der Waals surface area contributed by atoms with E-state index in [-0.39, 0.29) is 43.3 Å². The first-order valence-electron chi connectivity index (χ1n) is 13.5. The molecular formula is C27H43O9S-. The molecule has 0 bridgehead atoms. The van der Waals surface area contributed by atoms with Gasteiger partial charge in [0.15, 0.2) is 5.78 Å². The maximum atomic E-state index is 13.3. The first-order chi connectivity index (χ1) is 16.8. The Kier molecular flexibility index (Phi) is 7.36. The minimum Gasteiger partial charge on any atom is -0.726 e. The summed E-state index contributed by atoms with van der Waals surface area (Å²) < 4.78 is 39.7. The third kappa shape index (κ3) is 4.96. The second-order valence-electron chi connectivity index (χ2n) is 13.4. The molecule has 0 aliphatic heterocycles. The number of aliphatic hydroxyl groups excluding tert-OH is 2. The van der Waals surface area contributed by atoms with Crippen molar-refractivity contribution in [3.8, 4) is 0 Å². The van der Waals surface area contributed by atoms with Gasteiger partial charge in [0.25, 0.3) is 0 Å². The Labute approximate surface area is 220 Å². The van der Waals surface area contributed by atoms with Gasteiger partial charge in [0.1, 0.15) is 0 Å². The van der Waals surface area contributed by atoms with Gasteiger partial charge in [-0.25, -0.2) is 8.42 Å². The summed E-state index contributed by atoms with van der Waals surface area (Å²) in [6, 6.07) is 0. The monoisotopic (exact) mass is 543 g/mol. The molecule has 0 aromatic heterocycles. The average molecular weight is 544 g/mol. The minimum absolute atomic E-state index is 0.117. The third-order valence-electron chi connectivity index (χ3n) is 10.7. The zero-order valence-corrected chi connectivity index (χ0v) is 23.3. The van der Waals surface area contributed by atoms with E-state index in [2.05, 4.69) is 0 Å². The van der Waals surface area contributed by atoms with Crippen molar-refractivity contribution < 1.29 is 42.4 Å². The number of carbonyl (C=O) groups is 1. The van der Waals surface area contributed by atoms with Crippen LogP contribution in [-0.4, -0.2) is 68.7 Å². The van der Waals surface area contributed by atoms with Gasteiger partial charge in [0.2, 0.25) is 10.4 Å². The molecule has 0 unspecified atom stereocenters. The average Bonchev–Trinajstić information content (AvgIpc) is 3.03. The van der Waals surface area contributed by atoms with Gasteiger partial charge in [-0.15, -0.1) is 0 Å². The molecule has 0 aromatic carbocycles. The fraction of sp³-hybridized carbons (Fsp3) is 0.889. The van der Waals surface area contributed by atoms with Crippen molar-refractivity contribution in [2.45, 2.75) is 115 Å². The number of hydrogen-bond donors (Lipinski definition) is 4. The van der Waals surface area contributed by atoms with Crippen LogP contribution in [-0.2, 0) is 19.4 Å². The van der Waals surface area contributed by atoms with Crippen LogP contribution in [0.15, 0.2) is 11.6 Å². The summed E-state index contributed by atoms with van der Waals surface area (Å²) in [6.07, 6.45) is 1.93.